The van der Waals surface area contributed by atoms with Crippen molar-refractivity contribution < 1.29 is 26.4 Å². The van der Waals surface area contributed by atoms with Gasteiger partial charge in [0.05, 0.1) is 28.2 Å². The Labute approximate surface area is 187 Å². The summed E-state index contributed by atoms with van der Waals surface area (Å²) in [5, 5.41) is 2.30. The summed E-state index contributed by atoms with van der Waals surface area (Å²) in [6, 6.07) is 7.75. The van der Waals surface area contributed by atoms with E-state index in [4.69, 9.17) is 11.6 Å². The largest absolute Gasteiger partial charge is 0.416 e. The van der Waals surface area contributed by atoms with Gasteiger partial charge >= 0.3 is 6.18 Å². The Balaban J connectivity index is 1.76. The zero-order valence-electron chi connectivity index (χ0n) is 16.4. The third kappa shape index (κ3) is 5.80. The van der Waals surface area contributed by atoms with E-state index in [9.17, 15) is 26.4 Å². The van der Waals surface area contributed by atoms with Crippen LogP contribution in [0.4, 0.5) is 18.9 Å². The first-order chi connectivity index (χ1) is 15.1. The summed E-state index contributed by atoms with van der Waals surface area (Å²) >= 11 is 5.85. The maximum Gasteiger partial charge on any atom is 0.416 e. The lowest BCUT2D eigenvalue weighted by Crippen LogP contribution is -2.27. The lowest BCUT2D eigenvalue weighted by atomic mass is 10.1. The molecule has 2 N–H and O–H groups in total. The molecule has 32 heavy (non-hydrogen) atoms. The van der Waals surface area contributed by atoms with Crippen LogP contribution in [0.15, 0.2) is 66.1 Å². The molecule has 0 saturated heterocycles. The van der Waals surface area contributed by atoms with Crippen LogP contribution in [-0.2, 0) is 22.7 Å². The third-order valence-electron chi connectivity index (χ3n) is 4.40. The van der Waals surface area contributed by atoms with Gasteiger partial charge in [-0.15, -0.1) is 0 Å². The van der Waals surface area contributed by atoms with Gasteiger partial charge in [-0.3, -0.25) is 9.52 Å². The van der Waals surface area contributed by atoms with Crippen molar-refractivity contribution in [1.82, 2.24) is 14.9 Å². The molecule has 7 nitrogen and oxygen atoms in total. The predicted molar refractivity (Wildman–Crippen MR) is 113 cm³/mol. The molecule has 1 amide bonds. The zero-order valence-corrected chi connectivity index (χ0v) is 18.0. The number of sulfonamides is 1. The standard InChI is InChI=1S/C20H18ClF3N4O3S/c21-16-7-6-14(20(22,23)24)12-18(16)32(30,31)27-17-5-2-1-4-15(17)19(29)26-8-3-10-28-11-9-25-13-28/h1-2,4-7,9,11-13,27H,3,8,10H2,(H,26,29). The van der Waals surface area contributed by atoms with Crippen molar-refractivity contribution in [2.24, 2.45) is 0 Å². The molecule has 1 aromatic heterocycles. The van der Waals surface area contributed by atoms with Gasteiger partial charge < -0.3 is 9.88 Å². The SMILES string of the molecule is O=C(NCCCn1ccnc1)c1ccccc1NS(=O)(=O)c1cc(C(F)(F)F)ccc1Cl. The second-order valence-electron chi connectivity index (χ2n) is 6.70. The van der Waals surface area contributed by atoms with E-state index >= 15 is 0 Å². The normalized spacial score (nSPS) is 11.9. The number of anilines is 1. The number of amides is 1. The summed E-state index contributed by atoms with van der Waals surface area (Å²) in [4.78, 5) is 15.7. The molecule has 0 unspecified atom stereocenters. The van der Waals surface area contributed by atoms with Gasteiger partial charge in [-0.2, -0.15) is 13.2 Å². The molecular weight excluding hydrogens is 469 g/mol. The van der Waals surface area contributed by atoms with Crippen LogP contribution in [0.2, 0.25) is 5.02 Å². The van der Waals surface area contributed by atoms with Crippen molar-refractivity contribution in [3.63, 3.8) is 0 Å². The van der Waals surface area contributed by atoms with Crippen LogP contribution in [0, 0.1) is 0 Å². The van der Waals surface area contributed by atoms with E-state index in [0.717, 1.165) is 6.07 Å². The molecule has 0 aliphatic carbocycles. The van der Waals surface area contributed by atoms with E-state index in [1.165, 1.54) is 24.3 Å². The average Bonchev–Trinajstić information content (AvgIpc) is 3.24. The molecule has 0 atom stereocenters. The van der Waals surface area contributed by atoms with Gasteiger partial charge in [-0.05, 0) is 36.8 Å². The number of aryl methyl sites for hydroxylation is 1. The first kappa shape index (κ1) is 23.6. The zero-order chi connectivity index (χ0) is 23.4. The minimum atomic E-state index is -4.75. The highest BCUT2D eigenvalue weighted by Gasteiger charge is 2.33. The van der Waals surface area contributed by atoms with Crippen LogP contribution in [-0.4, -0.2) is 30.4 Å². The monoisotopic (exact) mass is 486 g/mol. The number of para-hydroxylation sites is 1. The molecule has 0 fully saturated rings. The highest BCUT2D eigenvalue weighted by Crippen LogP contribution is 2.34. The number of rotatable bonds is 8. The lowest BCUT2D eigenvalue weighted by molar-refractivity contribution is -0.137. The van der Waals surface area contributed by atoms with Crippen molar-refractivity contribution in [2.75, 3.05) is 11.3 Å². The van der Waals surface area contributed by atoms with E-state index in [2.05, 4.69) is 15.0 Å². The molecule has 2 aromatic carbocycles. The summed E-state index contributed by atoms with van der Waals surface area (Å²) in [7, 11) is -4.51. The number of carbonyl (C=O) groups excluding carboxylic acids is 1. The summed E-state index contributed by atoms with van der Waals surface area (Å²) in [5.41, 5.74) is -1.24. The predicted octanol–water partition coefficient (Wildman–Crippen LogP) is 4.18. The number of benzene rings is 2. The minimum absolute atomic E-state index is 0.0156. The quantitative estimate of drug-likeness (QED) is 0.467. The second-order valence-corrected chi connectivity index (χ2v) is 8.76. The van der Waals surface area contributed by atoms with Crippen LogP contribution in [0.1, 0.15) is 22.3 Å². The topological polar surface area (TPSA) is 93.1 Å². The van der Waals surface area contributed by atoms with E-state index in [0.29, 0.717) is 31.6 Å². The number of imidazole rings is 1. The number of nitrogens with zero attached hydrogens (tertiary/aromatic N) is 2. The van der Waals surface area contributed by atoms with Crippen LogP contribution in [0.3, 0.4) is 0 Å². The Morgan fingerprint density at radius 2 is 1.91 bits per heavy atom. The number of hydrogen-bond donors (Lipinski definition) is 2. The van der Waals surface area contributed by atoms with Gasteiger partial charge in [-0.25, -0.2) is 13.4 Å². The van der Waals surface area contributed by atoms with Gasteiger partial charge in [0, 0.05) is 25.5 Å². The van der Waals surface area contributed by atoms with Gasteiger partial charge in [0.1, 0.15) is 4.90 Å². The van der Waals surface area contributed by atoms with E-state index in [-0.39, 0.29) is 16.3 Å². The van der Waals surface area contributed by atoms with Gasteiger partial charge in [-0.1, -0.05) is 23.7 Å². The highest BCUT2D eigenvalue weighted by atomic mass is 35.5. The Hall–Kier alpha value is -3.05. The fraction of sp³-hybridized carbons (Fsp3) is 0.200. The first-order valence-corrected chi connectivity index (χ1v) is 11.2. The Bertz CT molecular complexity index is 1200. The minimum Gasteiger partial charge on any atom is -0.352 e. The number of carbonyl (C=O) groups is 1. The van der Waals surface area contributed by atoms with Crippen molar-refractivity contribution in [2.45, 2.75) is 24.0 Å². The smallest absolute Gasteiger partial charge is 0.352 e. The molecule has 0 bridgehead atoms. The van der Waals surface area contributed by atoms with Crippen LogP contribution in [0.5, 0.6) is 0 Å². The van der Waals surface area contributed by atoms with E-state index in [1.54, 1.807) is 18.7 Å². The molecule has 0 radical (unpaired) electrons. The fourth-order valence-corrected chi connectivity index (χ4v) is 4.44. The maximum absolute atomic E-state index is 13.0. The van der Waals surface area contributed by atoms with Gasteiger partial charge in [0.15, 0.2) is 0 Å². The van der Waals surface area contributed by atoms with Gasteiger partial charge in [0.25, 0.3) is 15.9 Å². The molecule has 0 aliphatic rings. The summed E-state index contributed by atoms with van der Waals surface area (Å²) < 4.78 is 68.6. The second kappa shape index (κ2) is 9.61. The van der Waals surface area contributed by atoms with Crippen LogP contribution >= 0.6 is 11.6 Å². The van der Waals surface area contributed by atoms with Crippen LogP contribution in [0.25, 0.3) is 0 Å². The number of nitrogens with one attached hydrogen (secondary N) is 2. The maximum atomic E-state index is 13.0. The Morgan fingerprint density at radius 3 is 2.59 bits per heavy atom. The van der Waals surface area contributed by atoms with Crippen molar-refractivity contribution in [3.8, 4) is 0 Å². The molecule has 3 aromatic rings. The summed E-state index contributed by atoms with van der Waals surface area (Å²) in [5.74, 6) is -0.538. The van der Waals surface area contributed by atoms with E-state index < -0.39 is 32.6 Å². The summed E-state index contributed by atoms with van der Waals surface area (Å²) in [6.07, 6.45) is 0.923. The van der Waals surface area contributed by atoms with Crippen molar-refractivity contribution in [1.29, 1.82) is 0 Å². The fourth-order valence-electron chi connectivity index (χ4n) is 2.83. The molecule has 3 rings (SSSR count). The Morgan fingerprint density at radius 1 is 1.16 bits per heavy atom. The molecule has 170 valence electrons. The Kier molecular flexibility index (Phi) is 7.09. The molecule has 0 saturated carbocycles. The lowest BCUT2D eigenvalue weighted by Gasteiger charge is -2.15. The number of alkyl halides is 3. The molecular formula is C20H18ClF3N4O3S. The molecule has 0 aliphatic heterocycles. The third-order valence-corrected chi connectivity index (χ3v) is 6.25. The van der Waals surface area contributed by atoms with Crippen molar-refractivity contribution in [3.05, 3.63) is 77.3 Å². The molecule has 1 heterocycles. The van der Waals surface area contributed by atoms with Crippen molar-refractivity contribution >= 4 is 33.2 Å². The molecule has 0 spiro atoms. The number of hydrogen-bond acceptors (Lipinski definition) is 4. The average molecular weight is 487 g/mol. The van der Waals surface area contributed by atoms with E-state index in [1.807, 2.05) is 4.57 Å². The first-order valence-electron chi connectivity index (χ1n) is 9.30. The molecule has 12 heteroatoms. The number of aromatic nitrogens is 2. The van der Waals surface area contributed by atoms with Crippen LogP contribution < -0.4 is 10.0 Å². The number of halogens is 4. The summed E-state index contributed by atoms with van der Waals surface area (Å²) in [6.45, 7) is 0.945. The highest BCUT2D eigenvalue weighted by molar-refractivity contribution is 7.92. The van der Waals surface area contributed by atoms with Gasteiger partial charge in [0.2, 0.25) is 0 Å².